The van der Waals surface area contributed by atoms with Gasteiger partial charge in [-0.15, -0.1) is 0 Å². The first kappa shape index (κ1) is 15.8. The van der Waals surface area contributed by atoms with E-state index in [9.17, 15) is 18.0 Å². The van der Waals surface area contributed by atoms with Gasteiger partial charge in [0.1, 0.15) is 0 Å². The molecule has 1 heterocycles. The van der Waals surface area contributed by atoms with Gasteiger partial charge >= 0.3 is 5.97 Å². The summed E-state index contributed by atoms with van der Waals surface area (Å²) >= 11 is 5.70. The number of amides is 1. The summed E-state index contributed by atoms with van der Waals surface area (Å²) in [5.41, 5.74) is 0.288. The van der Waals surface area contributed by atoms with Crippen molar-refractivity contribution in [1.82, 2.24) is 5.32 Å². The Hall–Kier alpha value is -1.60. The molecule has 0 aromatic heterocycles. The van der Waals surface area contributed by atoms with E-state index in [2.05, 4.69) is 5.32 Å². The average molecular weight is 332 g/mol. The molecule has 6 nitrogen and oxygen atoms in total. The van der Waals surface area contributed by atoms with Crippen LogP contribution in [0.15, 0.2) is 24.3 Å². The number of hydrogen-bond acceptors (Lipinski definition) is 5. The molecule has 1 N–H and O–H groups in total. The van der Waals surface area contributed by atoms with Crippen LogP contribution in [-0.2, 0) is 19.4 Å². The van der Waals surface area contributed by atoms with Crippen LogP contribution < -0.4 is 5.32 Å². The lowest BCUT2D eigenvalue weighted by Crippen LogP contribution is -2.38. The maximum absolute atomic E-state index is 11.7. The third kappa shape index (κ3) is 4.71. The second-order valence-corrected chi connectivity index (χ2v) is 7.42. The second-order valence-electron chi connectivity index (χ2n) is 4.75. The molecule has 1 aliphatic heterocycles. The number of sulfone groups is 1. The Kier molecular flexibility index (Phi) is 4.84. The van der Waals surface area contributed by atoms with Gasteiger partial charge < -0.3 is 10.1 Å². The molecule has 8 heteroatoms. The van der Waals surface area contributed by atoms with Gasteiger partial charge in [-0.3, -0.25) is 4.79 Å². The third-order valence-electron chi connectivity index (χ3n) is 3.01. The van der Waals surface area contributed by atoms with E-state index in [-0.39, 0.29) is 17.1 Å². The van der Waals surface area contributed by atoms with Gasteiger partial charge in [-0.25, -0.2) is 13.2 Å². The smallest absolute Gasteiger partial charge is 0.338 e. The molecule has 1 aromatic carbocycles. The number of halogens is 1. The van der Waals surface area contributed by atoms with E-state index in [4.69, 9.17) is 16.3 Å². The van der Waals surface area contributed by atoms with Crippen LogP contribution in [0.3, 0.4) is 0 Å². The van der Waals surface area contributed by atoms with E-state index in [0.29, 0.717) is 11.4 Å². The molecule has 1 fully saturated rings. The van der Waals surface area contributed by atoms with Crippen molar-refractivity contribution in [2.75, 3.05) is 18.1 Å². The van der Waals surface area contributed by atoms with Gasteiger partial charge in [-0.1, -0.05) is 11.6 Å². The quantitative estimate of drug-likeness (QED) is 0.824. The zero-order chi connectivity index (χ0) is 15.5. The van der Waals surface area contributed by atoms with Gasteiger partial charge in [-0.05, 0) is 30.7 Å². The van der Waals surface area contributed by atoms with Crippen LogP contribution >= 0.6 is 11.6 Å². The average Bonchev–Trinajstić information content (AvgIpc) is 2.76. The van der Waals surface area contributed by atoms with Crippen LogP contribution in [0.2, 0.25) is 5.02 Å². The topological polar surface area (TPSA) is 89.5 Å². The Morgan fingerprint density at radius 1 is 1.29 bits per heavy atom. The molecule has 1 saturated heterocycles. The molecule has 1 amide bonds. The SMILES string of the molecule is O=C(COC(=O)c1ccc(Cl)cc1)N[C@H]1CCS(=O)(=O)C1. The summed E-state index contributed by atoms with van der Waals surface area (Å²) in [4.78, 5) is 23.3. The molecule has 1 aromatic rings. The van der Waals surface area contributed by atoms with E-state index in [1.165, 1.54) is 12.1 Å². The molecule has 0 aliphatic carbocycles. The van der Waals surface area contributed by atoms with Gasteiger partial charge in [0, 0.05) is 11.1 Å². The van der Waals surface area contributed by atoms with Crippen molar-refractivity contribution in [3.05, 3.63) is 34.9 Å². The predicted octanol–water partition coefficient (Wildman–Crippen LogP) is 0.800. The van der Waals surface area contributed by atoms with Crippen molar-refractivity contribution in [2.45, 2.75) is 12.5 Å². The van der Waals surface area contributed by atoms with E-state index < -0.39 is 34.4 Å². The highest BCUT2D eigenvalue weighted by atomic mass is 35.5. The monoisotopic (exact) mass is 331 g/mol. The summed E-state index contributed by atoms with van der Waals surface area (Å²) in [5.74, 6) is -1.15. The van der Waals surface area contributed by atoms with Gasteiger partial charge in [0.05, 0.1) is 17.1 Å². The van der Waals surface area contributed by atoms with Crippen molar-refractivity contribution in [2.24, 2.45) is 0 Å². The van der Waals surface area contributed by atoms with Crippen LogP contribution in [-0.4, -0.2) is 44.4 Å². The molecule has 0 saturated carbocycles. The Labute approximate surface area is 127 Å². The minimum Gasteiger partial charge on any atom is -0.452 e. The molecule has 0 bridgehead atoms. The molecule has 0 unspecified atom stereocenters. The fourth-order valence-electron chi connectivity index (χ4n) is 1.98. The van der Waals surface area contributed by atoms with Gasteiger partial charge in [-0.2, -0.15) is 0 Å². The molecule has 21 heavy (non-hydrogen) atoms. The van der Waals surface area contributed by atoms with Crippen LogP contribution in [0.25, 0.3) is 0 Å². The molecular formula is C13H14ClNO5S. The molecular weight excluding hydrogens is 318 g/mol. The highest BCUT2D eigenvalue weighted by molar-refractivity contribution is 7.91. The zero-order valence-corrected chi connectivity index (χ0v) is 12.6. The molecule has 0 spiro atoms. The number of benzene rings is 1. The highest BCUT2D eigenvalue weighted by Gasteiger charge is 2.29. The van der Waals surface area contributed by atoms with Crippen molar-refractivity contribution < 1.29 is 22.7 Å². The van der Waals surface area contributed by atoms with Crippen molar-refractivity contribution in [3.8, 4) is 0 Å². The Morgan fingerprint density at radius 3 is 2.52 bits per heavy atom. The van der Waals surface area contributed by atoms with E-state index in [0.717, 1.165) is 0 Å². The number of ether oxygens (including phenoxy) is 1. The lowest BCUT2D eigenvalue weighted by Gasteiger charge is -2.11. The maximum atomic E-state index is 11.7. The first-order valence-corrected chi connectivity index (χ1v) is 8.48. The Bertz CT molecular complexity index is 641. The largest absolute Gasteiger partial charge is 0.452 e. The van der Waals surface area contributed by atoms with E-state index in [1.54, 1.807) is 12.1 Å². The highest BCUT2D eigenvalue weighted by Crippen LogP contribution is 2.12. The molecule has 1 aliphatic rings. The standard InChI is InChI=1S/C13H14ClNO5S/c14-10-3-1-9(2-4-10)13(17)20-7-12(16)15-11-5-6-21(18,19)8-11/h1-4,11H,5-8H2,(H,15,16)/t11-/m0/s1. The second kappa shape index (κ2) is 6.44. The van der Waals surface area contributed by atoms with Crippen LogP contribution in [0.1, 0.15) is 16.8 Å². The minimum absolute atomic E-state index is 0.0656. The van der Waals surface area contributed by atoms with Gasteiger partial charge in [0.2, 0.25) is 0 Å². The normalized spacial score (nSPS) is 20.0. The molecule has 114 valence electrons. The fourth-order valence-corrected chi connectivity index (χ4v) is 3.78. The minimum atomic E-state index is -3.05. The maximum Gasteiger partial charge on any atom is 0.338 e. The first-order valence-electron chi connectivity index (χ1n) is 6.28. The number of nitrogens with one attached hydrogen (secondary N) is 1. The number of hydrogen-bond donors (Lipinski definition) is 1. The predicted molar refractivity (Wildman–Crippen MR) is 76.9 cm³/mol. The van der Waals surface area contributed by atoms with Gasteiger partial charge in [0.15, 0.2) is 16.4 Å². The van der Waals surface area contributed by atoms with Gasteiger partial charge in [0.25, 0.3) is 5.91 Å². The third-order valence-corrected chi connectivity index (χ3v) is 5.03. The number of carbonyl (C=O) groups excluding carboxylic acids is 2. The first-order chi connectivity index (χ1) is 9.85. The summed E-state index contributed by atoms with van der Waals surface area (Å²) in [6.45, 7) is -0.446. The number of carbonyl (C=O) groups is 2. The van der Waals surface area contributed by atoms with E-state index in [1.807, 2.05) is 0 Å². The Morgan fingerprint density at radius 2 is 1.95 bits per heavy atom. The Balaban J connectivity index is 1.79. The summed E-state index contributed by atoms with van der Waals surface area (Å²) in [7, 11) is -3.05. The zero-order valence-electron chi connectivity index (χ0n) is 11.0. The molecule has 1 atom stereocenters. The van der Waals surface area contributed by atoms with Crippen molar-refractivity contribution in [3.63, 3.8) is 0 Å². The number of rotatable bonds is 4. The lowest BCUT2D eigenvalue weighted by molar-refractivity contribution is -0.124. The van der Waals surface area contributed by atoms with Crippen LogP contribution in [0.5, 0.6) is 0 Å². The molecule has 2 rings (SSSR count). The van der Waals surface area contributed by atoms with Crippen molar-refractivity contribution >= 4 is 33.3 Å². The summed E-state index contributed by atoms with van der Waals surface area (Å²) in [6.07, 6.45) is 0.388. The summed E-state index contributed by atoms with van der Waals surface area (Å²) in [5, 5.41) is 3.03. The fraction of sp³-hybridized carbons (Fsp3) is 0.385. The van der Waals surface area contributed by atoms with Crippen LogP contribution in [0, 0.1) is 0 Å². The summed E-state index contributed by atoms with van der Waals surface area (Å²) in [6, 6.07) is 5.67. The lowest BCUT2D eigenvalue weighted by atomic mass is 10.2. The summed E-state index contributed by atoms with van der Waals surface area (Å²) < 4.78 is 27.4. The van der Waals surface area contributed by atoms with Crippen molar-refractivity contribution in [1.29, 1.82) is 0 Å². The number of esters is 1. The van der Waals surface area contributed by atoms with E-state index >= 15 is 0 Å². The van der Waals surface area contributed by atoms with Crippen LogP contribution in [0.4, 0.5) is 0 Å². The molecule has 0 radical (unpaired) electrons.